The van der Waals surface area contributed by atoms with Crippen molar-refractivity contribution in [1.29, 1.82) is 0 Å². The summed E-state index contributed by atoms with van der Waals surface area (Å²) < 4.78 is 27.1. The van der Waals surface area contributed by atoms with Gasteiger partial charge in [0.1, 0.15) is 5.82 Å². The van der Waals surface area contributed by atoms with E-state index in [0.29, 0.717) is 12.4 Å². The molecular formula is C23H31F2N7. The number of aromatic nitrogens is 1. The number of nitrogens with one attached hydrogen (secondary N) is 2. The number of pyridine rings is 1. The monoisotopic (exact) mass is 443 g/mol. The minimum Gasteiger partial charge on any atom is -0.369 e. The molecule has 0 bridgehead atoms. The van der Waals surface area contributed by atoms with Crippen LogP contribution in [0.4, 0.5) is 20.3 Å². The molecule has 7 nitrogen and oxygen atoms in total. The number of rotatable bonds is 6. The van der Waals surface area contributed by atoms with Gasteiger partial charge in [-0.2, -0.15) is 0 Å². The Bertz CT molecular complexity index is 897. The highest BCUT2D eigenvalue weighted by Crippen LogP contribution is 2.21. The molecule has 0 radical (unpaired) electrons. The van der Waals surface area contributed by atoms with Crippen LogP contribution < -0.4 is 20.4 Å². The molecule has 2 saturated heterocycles. The van der Waals surface area contributed by atoms with Crippen LogP contribution in [0.25, 0.3) is 0 Å². The van der Waals surface area contributed by atoms with Crippen LogP contribution in [0.3, 0.4) is 0 Å². The van der Waals surface area contributed by atoms with Gasteiger partial charge in [-0.1, -0.05) is 0 Å². The molecule has 2 fully saturated rings. The molecule has 1 unspecified atom stereocenters. The maximum Gasteiger partial charge on any atom is 0.191 e. The second-order valence-electron chi connectivity index (χ2n) is 8.19. The van der Waals surface area contributed by atoms with Crippen LogP contribution in [0.2, 0.25) is 0 Å². The Hall–Kier alpha value is -2.94. The topological polar surface area (TPSA) is 59.0 Å². The summed E-state index contributed by atoms with van der Waals surface area (Å²) in [6, 6.07) is 9.97. The highest BCUT2D eigenvalue weighted by atomic mass is 19.1. The summed E-state index contributed by atoms with van der Waals surface area (Å²) in [7, 11) is 1.77. The molecule has 2 aliphatic rings. The molecule has 0 amide bonds. The van der Waals surface area contributed by atoms with Gasteiger partial charge in [0.25, 0.3) is 0 Å². The van der Waals surface area contributed by atoms with Crippen molar-refractivity contribution < 1.29 is 8.78 Å². The Balaban J connectivity index is 1.17. The number of hydrogen-bond donors (Lipinski definition) is 2. The van der Waals surface area contributed by atoms with Gasteiger partial charge in [-0.15, -0.1) is 0 Å². The molecule has 0 saturated carbocycles. The second kappa shape index (κ2) is 10.6. The Labute approximate surface area is 188 Å². The standard InChI is InChI=1S/C23H31F2N7/c1-26-23(29-19-8-11-32(17-19)22-21(25)3-2-9-27-22)28-10-12-30-13-15-31(16-14-30)20-6-4-18(24)5-7-20/h2-7,9,19H,8,10-17H2,1H3,(H2,26,28,29). The molecule has 1 aromatic carbocycles. The maximum absolute atomic E-state index is 14.0. The molecule has 2 N–H and O–H groups in total. The summed E-state index contributed by atoms with van der Waals surface area (Å²) in [5.74, 6) is 0.702. The minimum atomic E-state index is -0.282. The molecule has 0 aliphatic carbocycles. The predicted octanol–water partition coefficient (Wildman–Crippen LogP) is 1.93. The summed E-state index contributed by atoms with van der Waals surface area (Å²) in [6.45, 7) is 6.98. The van der Waals surface area contributed by atoms with E-state index in [9.17, 15) is 8.78 Å². The van der Waals surface area contributed by atoms with E-state index < -0.39 is 0 Å². The fourth-order valence-electron chi connectivity index (χ4n) is 4.28. The molecule has 1 atom stereocenters. The van der Waals surface area contributed by atoms with Crippen molar-refractivity contribution in [2.45, 2.75) is 12.5 Å². The lowest BCUT2D eigenvalue weighted by atomic mass is 10.2. The van der Waals surface area contributed by atoms with Crippen molar-refractivity contribution >= 4 is 17.5 Å². The Morgan fingerprint density at radius 3 is 2.56 bits per heavy atom. The van der Waals surface area contributed by atoms with Gasteiger partial charge < -0.3 is 20.4 Å². The van der Waals surface area contributed by atoms with Crippen LogP contribution >= 0.6 is 0 Å². The van der Waals surface area contributed by atoms with Crippen molar-refractivity contribution in [2.75, 3.05) is 69.2 Å². The average Bonchev–Trinajstić information content (AvgIpc) is 3.28. The third-order valence-corrected chi connectivity index (χ3v) is 6.08. The summed E-state index contributed by atoms with van der Waals surface area (Å²) in [6.07, 6.45) is 2.53. The number of guanidine groups is 1. The molecule has 9 heteroatoms. The fourth-order valence-corrected chi connectivity index (χ4v) is 4.28. The first kappa shape index (κ1) is 22.3. The van der Waals surface area contributed by atoms with Crippen LogP contribution in [-0.2, 0) is 0 Å². The number of benzene rings is 1. The van der Waals surface area contributed by atoms with Gasteiger partial charge >= 0.3 is 0 Å². The Morgan fingerprint density at radius 2 is 1.84 bits per heavy atom. The lowest BCUT2D eigenvalue weighted by Crippen LogP contribution is -2.50. The van der Waals surface area contributed by atoms with Crippen LogP contribution in [0, 0.1) is 11.6 Å². The molecule has 1 aromatic heterocycles. The van der Waals surface area contributed by atoms with Gasteiger partial charge in [-0.05, 0) is 42.8 Å². The van der Waals surface area contributed by atoms with Gasteiger partial charge in [-0.25, -0.2) is 13.8 Å². The van der Waals surface area contributed by atoms with E-state index in [4.69, 9.17) is 0 Å². The van der Waals surface area contributed by atoms with E-state index >= 15 is 0 Å². The van der Waals surface area contributed by atoms with Crippen LogP contribution in [0.5, 0.6) is 0 Å². The quantitative estimate of drug-likeness (QED) is 0.526. The number of hydrogen-bond acceptors (Lipinski definition) is 5. The van der Waals surface area contributed by atoms with Gasteiger partial charge in [0.2, 0.25) is 0 Å². The van der Waals surface area contributed by atoms with Gasteiger partial charge in [0.05, 0.1) is 0 Å². The van der Waals surface area contributed by atoms with Gasteiger partial charge in [0.15, 0.2) is 17.6 Å². The van der Waals surface area contributed by atoms with Crippen molar-refractivity contribution in [1.82, 2.24) is 20.5 Å². The molecule has 0 spiro atoms. The number of nitrogens with zero attached hydrogens (tertiary/aromatic N) is 5. The highest BCUT2D eigenvalue weighted by molar-refractivity contribution is 5.80. The molecule has 2 aliphatic heterocycles. The van der Waals surface area contributed by atoms with Crippen LogP contribution in [0.1, 0.15) is 6.42 Å². The summed E-state index contributed by atoms with van der Waals surface area (Å²) >= 11 is 0. The zero-order chi connectivity index (χ0) is 22.3. The molecule has 3 heterocycles. The second-order valence-corrected chi connectivity index (χ2v) is 8.19. The summed E-state index contributed by atoms with van der Waals surface area (Å²) in [5.41, 5.74) is 1.07. The Morgan fingerprint density at radius 1 is 1.06 bits per heavy atom. The maximum atomic E-state index is 14.0. The van der Waals surface area contributed by atoms with E-state index in [1.165, 1.54) is 18.2 Å². The average molecular weight is 444 g/mol. The summed E-state index contributed by atoms with van der Waals surface area (Å²) in [4.78, 5) is 15.2. The van der Waals surface area contributed by atoms with Crippen molar-refractivity contribution in [3.05, 3.63) is 54.2 Å². The number of anilines is 2. The SMILES string of the molecule is CN=C(NCCN1CCN(c2ccc(F)cc2)CC1)NC1CCN(c2ncccc2F)C1. The van der Waals surface area contributed by atoms with E-state index in [2.05, 4.69) is 30.4 Å². The zero-order valence-electron chi connectivity index (χ0n) is 18.5. The zero-order valence-corrected chi connectivity index (χ0v) is 18.5. The fraction of sp³-hybridized carbons (Fsp3) is 0.478. The van der Waals surface area contributed by atoms with E-state index in [0.717, 1.165) is 63.9 Å². The highest BCUT2D eigenvalue weighted by Gasteiger charge is 2.26. The largest absolute Gasteiger partial charge is 0.369 e. The number of aliphatic imine (C=N–C) groups is 1. The molecule has 4 rings (SSSR count). The predicted molar refractivity (Wildman–Crippen MR) is 124 cm³/mol. The molecule has 2 aromatic rings. The van der Waals surface area contributed by atoms with E-state index in [1.54, 1.807) is 19.3 Å². The molecular weight excluding hydrogens is 412 g/mol. The minimum absolute atomic E-state index is 0.196. The van der Waals surface area contributed by atoms with Crippen molar-refractivity contribution in [2.24, 2.45) is 4.99 Å². The van der Waals surface area contributed by atoms with Crippen molar-refractivity contribution in [3.8, 4) is 0 Å². The smallest absolute Gasteiger partial charge is 0.191 e. The summed E-state index contributed by atoms with van der Waals surface area (Å²) in [5, 5.41) is 6.84. The number of halogens is 2. The first-order valence-electron chi connectivity index (χ1n) is 11.2. The van der Waals surface area contributed by atoms with Crippen LogP contribution in [-0.4, -0.2) is 81.3 Å². The normalized spacial score (nSPS) is 20.0. The lowest BCUT2D eigenvalue weighted by molar-refractivity contribution is 0.261. The third-order valence-electron chi connectivity index (χ3n) is 6.08. The van der Waals surface area contributed by atoms with Gasteiger partial charge in [-0.3, -0.25) is 9.89 Å². The first-order chi connectivity index (χ1) is 15.6. The van der Waals surface area contributed by atoms with E-state index in [-0.39, 0.29) is 17.7 Å². The number of piperazine rings is 1. The lowest BCUT2D eigenvalue weighted by Gasteiger charge is -2.36. The first-order valence-corrected chi connectivity index (χ1v) is 11.2. The van der Waals surface area contributed by atoms with Gasteiger partial charge in [0, 0.05) is 77.3 Å². The van der Waals surface area contributed by atoms with Crippen LogP contribution in [0.15, 0.2) is 47.6 Å². The van der Waals surface area contributed by atoms with E-state index in [1.807, 2.05) is 17.0 Å². The molecule has 172 valence electrons. The Kier molecular flexibility index (Phi) is 7.36. The third kappa shape index (κ3) is 5.64. The molecule has 32 heavy (non-hydrogen) atoms. The van der Waals surface area contributed by atoms with Crippen molar-refractivity contribution in [3.63, 3.8) is 0 Å².